The summed E-state index contributed by atoms with van der Waals surface area (Å²) in [6.45, 7) is 1.84. The average molecular weight is 456 g/mol. The number of rotatable bonds is 8. The van der Waals surface area contributed by atoms with E-state index >= 15 is 0 Å². The number of aryl methyl sites for hydroxylation is 1. The molecule has 3 aromatic carbocycles. The molecule has 0 saturated heterocycles. The van der Waals surface area contributed by atoms with Gasteiger partial charge in [0.25, 0.3) is 5.69 Å². The molecule has 0 unspecified atom stereocenters. The van der Waals surface area contributed by atoms with Crippen LogP contribution in [0.15, 0.2) is 76.7 Å². The second-order valence-corrected chi connectivity index (χ2v) is 8.05. The molecule has 0 saturated carbocycles. The summed E-state index contributed by atoms with van der Waals surface area (Å²) >= 11 is 0. The van der Waals surface area contributed by atoms with Crippen molar-refractivity contribution in [1.29, 1.82) is 0 Å². The molecule has 32 heavy (non-hydrogen) atoms. The second kappa shape index (κ2) is 9.22. The van der Waals surface area contributed by atoms with E-state index in [0.29, 0.717) is 5.56 Å². The quantitative estimate of drug-likeness (QED) is 0.231. The lowest BCUT2D eigenvalue weighted by Gasteiger charge is -2.07. The molecule has 164 valence electrons. The summed E-state index contributed by atoms with van der Waals surface area (Å²) in [7, 11) is -3.98. The van der Waals surface area contributed by atoms with Crippen molar-refractivity contribution in [2.45, 2.75) is 11.8 Å². The molecule has 0 aromatic heterocycles. The van der Waals surface area contributed by atoms with Crippen molar-refractivity contribution >= 4 is 33.4 Å². The van der Waals surface area contributed by atoms with Crippen LogP contribution >= 0.6 is 0 Å². The van der Waals surface area contributed by atoms with E-state index in [1.54, 1.807) is 12.1 Å². The van der Waals surface area contributed by atoms with Crippen molar-refractivity contribution in [3.63, 3.8) is 0 Å². The Morgan fingerprint density at radius 3 is 2.19 bits per heavy atom. The van der Waals surface area contributed by atoms with E-state index in [1.807, 2.05) is 6.92 Å². The fourth-order valence-corrected chi connectivity index (χ4v) is 3.47. The second-order valence-electron chi connectivity index (χ2n) is 6.51. The Morgan fingerprint density at radius 2 is 1.59 bits per heavy atom. The normalized spacial score (nSPS) is 11.3. The van der Waals surface area contributed by atoms with Gasteiger partial charge in [0.1, 0.15) is 16.3 Å². The largest absolute Gasteiger partial charge is 0.379 e. The van der Waals surface area contributed by atoms with Gasteiger partial charge in [-0.05, 0) is 55.0 Å². The van der Waals surface area contributed by atoms with E-state index in [0.717, 1.165) is 17.7 Å². The maximum atomic E-state index is 12.3. The molecule has 11 nitrogen and oxygen atoms in total. The minimum absolute atomic E-state index is 0.0269. The number of hydrogen-bond acceptors (Lipinski definition) is 9. The van der Waals surface area contributed by atoms with Crippen LogP contribution in [0.2, 0.25) is 0 Å². The SMILES string of the molecule is Cc1ccc(S(=O)(=O)Oc2ccc(/C=N\Nc3ccc([N+](=O)[O-])cc3[N+](=O)[O-])cc2)cc1. The first-order valence-corrected chi connectivity index (χ1v) is 10.4. The van der Waals surface area contributed by atoms with E-state index < -0.39 is 31.3 Å². The van der Waals surface area contributed by atoms with Crippen LogP contribution in [0.5, 0.6) is 5.75 Å². The fourth-order valence-electron chi connectivity index (χ4n) is 2.54. The molecule has 0 atom stereocenters. The molecule has 3 rings (SSSR count). The molecule has 0 heterocycles. The Bertz CT molecular complexity index is 1290. The minimum atomic E-state index is -3.98. The monoisotopic (exact) mass is 456 g/mol. The van der Waals surface area contributed by atoms with Crippen molar-refractivity contribution in [3.8, 4) is 5.75 Å². The molecule has 0 bridgehead atoms. The first-order valence-electron chi connectivity index (χ1n) is 8.99. The van der Waals surface area contributed by atoms with Crippen molar-refractivity contribution in [3.05, 3.63) is 98.1 Å². The number of nitro benzene ring substituents is 2. The van der Waals surface area contributed by atoms with Crippen LogP contribution in [-0.4, -0.2) is 24.5 Å². The van der Waals surface area contributed by atoms with Gasteiger partial charge in [0, 0.05) is 6.07 Å². The van der Waals surface area contributed by atoms with E-state index in [4.69, 9.17) is 4.18 Å². The van der Waals surface area contributed by atoms with Crippen LogP contribution < -0.4 is 9.61 Å². The summed E-state index contributed by atoms with van der Waals surface area (Å²) in [5.74, 6) is 0.0988. The van der Waals surface area contributed by atoms with Crippen LogP contribution in [0.3, 0.4) is 0 Å². The van der Waals surface area contributed by atoms with E-state index in [1.165, 1.54) is 48.7 Å². The predicted octanol–water partition coefficient (Wildman–Crippen LogP) is 4.03. The lowest BCUT2D eigenvalue weighted by atomic mass is 10.2. The highest BCUT2D eigenvalue weighted by molar-refractivity contribution is 7.87. The summed E-state index contributed by atoms with van der Waals surface area (Å²) < 4.78 is 29.8. The van der Waals surface area contributed by atoms with Gasteiger partial charge in [0.2, 0.25) is 0 Å². The van der Waals surface area contributed by atoms with Gasteiger partial charge in [-0.15, -0.1) is 0 Å². The molecule has 0 aliphatic heterocycles. The van der Waals surface area contributed by atoms with Crippen LogP contribution in [0, 0.1) is 27.2 Å². The van der Waals surface area contributed by atoms with Crippen molar-refractivity contribution in [2.75, 3.05) is 5.43 Å². The zero-order valence-corrected chi connectivity index (χ0v) is 17.4. The molecule has 0 radical (unpaired) electrons. The molecule has 0 aliphatic rings. The predicted molar refractivity (Wildman–Crippen MR) is 116 cm³/mol. The number of hydrazone groups is 1. The van der Waals surface area contributed by atoms with Gasteiger partial charge in [0.15, 0.2) is 0 Å². The average Bonchev–Trinajstić information content (AvgIpc) is 2.75. The lowest BCUT2D eigenvalue weighted by molar-refractivity contribution is -0.393. The zero-order chi connectivity index (χ0) is 23.3. The Balaban J connectivity index is 1.69. The summed E-state index contributed by atoms with van der Waals surface area (Å²) in [4.78, 5) is 20.4. The third-order valence-corrected chi connectivity index (χ3v) is 5.44. The molecule has 0 spiro atoms. The highest BCUT2D eigenvalue weighted by atomic mass is 32.2. The molecular formula is C20H16N4O7S. The highest BCUT2D eigenvalue weighted by Gasteiger charge is 2.19. The van der Waals surface area contributed by atoms with E-state index in [9.17, 15) is 28.6 Å². The number of benzene rings is 3. The van der Waals surface area contributed by atoms with Crippen LogP contribution in [0.25, 0.3) is 0 Å². The number of anilines is 1. The minimum Gasteiger partial charge on any atom is -0.379 e. The van der Waals surface area contributed by atoms with Crippen LogP contribution in [-0.2, 0) is 10.1 Å². The molecule has 0 fully saturated rings. The lowest BCUT2D eigenvalue weighted by Crippen LogP contribution is -2.09. The van der Waals surface area contributed by atoms with Gasteiger partial charge in [-0.3, -0.25) is 25.7 Å². The zero-order valence-electron chi connectivity index (χ0n) is 16.5. The summed E-state index contributed by atoms with van der Waals surface area (Å²) in [5, 5.41) is 25.8. The Hall–Kier alpha value is -4.32. The summed E-state index contributed by atoms with van der Waals surface area (Å²) in [6.07, 6.45) is 1.34. The molecule has 3 aromatic rings. The van der Waals surface area contributed by atoms with Gasteiger partial charge in [-0.2, -0.15) is 13.5 Å². The van der Waals surface area contributed by atoms with Crippen molar-refractivity contribution in [2.24, 2.45) is 5.10 Å². The first-order chi connectivity index (χ1) is 15.2. The Labute approximate surface area is 182 Å². The van der Waals surface area contributed by atoms with Gasteiger partial charge >= 0.3 is 15.8 Å². The molecule has 1 N–H and O–H groups in total. The van der Waals surface area contributed by atoms with Gasteiger partial charge in [0.05, 0.1) is 22.1 Å². The number of non-ortho nitro benzene ring substituents is 1. The third-order valence-electron chi connectivity index (χ3n) is 4.18. The van der Waals surface area contributed by atoms with Crippen molar-refractivity contribution in [1.82, 2.24) is 0 Å². The third kappa shape index (κ3) is 5.43. The van der Waals surface area contributed by atoms with Crippen LogP contribution in [0.4, 0.5) is 17.1 Å². The first kappa shape index (κ1) is 22.4. The van der Waals surface area contributed by atoms with Gasteiger partial charge in [-0.1, -0.05) is 17.7 Å². The molecule has 0 aliphatic carbocycles. The van der Waals surface area contributed by atoms with Gasteiger partial charge < -0.3 is 4.18 Å². The fraction of sp³-hybridized carbons (Fsp3) is 0.0500. The van der Waals surface area contributed by atoms with Gasteiger partial charge in [-0.25, -0.2) is 0 Å². The van der Waals surface area contributed by atoms with E-state index in [2.05, 4.69) is 10.5 Å². The summed E-state index contributed by atoms with van der Waals surface area (Å²) in [5.41, 5.74) is 2.99. The molecule has 12 heteroatoms. The standard InChI is InChI=1S/C20H16N4O7S/c1-14-2-9-18(10-3-14)32(29,30)31-17-7-4-15(5-8-17)13-21-22-19-11-6-16(23(25)26)12-20(19)24(27)28/h2-13,22H,1H3/b21-13-. The molecular weight excluding hydrogens is 440 g/mol. The number of nitrogens with zero attached hydrogens (tertiary/aromatic N) is 3. The number of hydrogen-bond donors (Lipinski definition) is 1. The maximum Gasteiger partial charge on any atom is 0.339 e. The number of nitro groups is 2. The van der Waals surface area contributed by atoms with Crippen molar-refractivity contribution < 1.29 is 22.4 Å². The topological polar surface area (TPSA) is 154 Å². The maximum absolute atomic E-state index is 12.3. The highest BCUT2D eigenvalue weighted by Crippen LogP contribution is 2.29. The Kier molecular flexibility index (Phi) is 6.45. The summed E-state index contributed by atoms with van der Waals surface area (Å²) in [6, 6.07) is 15.3. The van der Waals surface area contributed by atoms with Crippen LogP contribution in [0.1, 0.15) is 11.1 Å². The molecule has 0 amide bonds. The Morgan fingerprint density at radius 1 is 0.938 bits per heavy atom. The van der Waals surface area contributed by atoms with E-state index in [-0.39, 0.29) is 16.3 Å². The number of nitrogens with one attached hydrogen (secondary N) is 1. The smallest absolute Gasteiger partial charge is 0.339 e.